The van der Waals surface area contributed by atoms with E-state index in [-0.39, 0.29) is 5.78 Å². The molecule has 3 nitrogen and oxygen atoms in total. The lowest BCUT2D eigenvalue weighted by atomic mass is 10.0. The topological polar surface area (TPSA) is 43.4 Å². The van der Waals surface area contributed by atoms with Gasteiger partial charge in [-0.05, 0) is 38.5 Å². The predicted octanol–water partition coefficient (Wildman–Crippen LogP) is 2.41. The van der Waals surface area contributed by atoms with Crippen LogP contribution in [0.15, 0.2) is 12.1 Å². The van der Waals surface area contributed by atoms with E-state index in [1.165, 1.54) is 6.92 Å². The Balaban J connectivity index is 3.31. The van der Waals surface area contributed by atoms with Crippen LogP contribution in [-0.4, -0.2) is 18.7 Å². The lowest BCUT2D eigenvalue weighted by molar-refractivity contribution is 0.101. The summed E-state index contributed by atoms with van der Waals surface area (Å²) in [7, 11) is 0. The van der Waals surface area contributed by atoms with Crippen molar-refractivity contribution in [1.82, 2.24) is 0 Å². The third-order valence-electron chi connectivity index (χ3n) is 2.17. The Bertz CT molecular complexity index is 394. The van der Waals surface area contributed by atoms with Crippen LogP contribution in [0.25, 0.3) is 0 Å². The van der Waals surface area contributed by atoms with Gasteiger partial charge in [0.25, 0.3) is 0 Å². The van der Waals surface area contributed by atoms with Gasteiger partial charge in [-0.2, -0.15) is 0 Å². The van der Waals surface area contributed by atoms with Crippen molar-refractivity contribution in [2.24, 2.45) is 0 Å². The standard InChI is InChI=1S/C12H14O3/c1-4-15-12-6-10(9(3)14)5-8(2)11(12)7-13/h5-7H,4H2,1-3H3. The second-order valence-electron chi connectivity index (χ2n) is 3.31. The van der Waals surface area contributed by atoms with E-state index in [0.29, 0.717) is 23.5 Å². The van der Waals surface area contributed by atoms with Crippen LogP contribution in [0.3, 0.4) is 0 Å². The Kier molecular flexibility index (Phi) is 3.61. The first-order chi connectivity index (χ1) is 7.10. The van der Waals surface area contributed by atoms with Crippen molar-refractivity contribution in [1.29, 1.82) is 0 Å². The van der Waals surface area contributed by atoms with E-state index >= 15 is 0 Å². The number of aldehydes is 1. The molecule has 0 N–H and O–H groups in total. The highest BCUT2D eigenvalue weighted by Gasteiger charge is 2.10. The zero-order valence-corrected chi connectivity index (χ0v) is 9.16. The fourth-order valence-electron chi connectivity index (χ4n) is 1.40. The molecule has 1 rings (SSSR count). The van der Waals surface area contributed by atoms with E-state index in [0.717, 1.165) is 11.8 Å². The van der Waals surface area contributed by atoms with Crippen LogP contribution in [0.4, 0.5) is 0 Å². The zero-order valence-electron chi connectivity index (χ0n) is 9.16. The van der Waals surface area contributed by atoms with E-state index in [9.17, 15) is 9.59 Å². The van der Waals surface area contributed by atoms with Gasteiger partial charge in [0.1, 0.15) is 5.75 Å². The van der Waals surface area contributed by atoms with Crippen molar-refractivity contribution < 1.29 is 14.3 Å². The summed E-state index contributed by atoms with van der Waals surface area (Å²) >= 11 is 0. The molecule has 0 fully saturated rings. The van der Waals surface area contributed by atoms with Gasteiger partial charge in [0.05, 0.1) is 12.2 Å². The molecule has 1 aromatic rings. The van der Waals surface area contributed by atoms with E-state index < -0.39 is 0 Å². The second-order valence-corrected chi connectivity index (χ2v) is 3.31. The maximum absolute atomic E-state index is 11.2. The zero-order chi connectivity index (χ0) is 11.4. The van der Waals surface area contributed by atoms with Crippen LogP contribution >= 0.6 is 0 Å². The van der Waals surface area contributed by atoms with Gasteiger partial charge in [-0.25, -0.2) is 0 Å². The van der Waals surface area contributed by atoms with E-state index in [1.54, 1.807) is 19.1 Å². The van der Waals surface area contributed by atoms with Crippen molar-refractivity contribution >= 4 is 12.1 Å². The highest BCUT2D eigenvalue weighted by Crippen LogP contribution is 2.23. The maximum atomic E-state index is 11.2. The maximum Gasteiger partial charge on any atom is 0.159 e. The normalized spacial score (nSPS) is 9.80. The summed E-state index contributed by atoms with van der Waals surface area (Å²) < 4.78 is 5.32. The molecule has 0 aliphatic carbocycles. The summed E-state index contributed by atoms with van der Waals surface area (Å²) in [6.45, 7) is 5.59. The lowest BCUT2D eigenvalue weighted by Crippen LogP contribution is -2.02. The molecule has 0 bridgehead atoms. The molecule has 0 spiro atoms. The first-order valence-corrected chi connectivity index (χ1v) is 4.83. The Morgan fingerprint density at radius 2 is 2.13 bits per heavy atom. The van der Waals surface area contributed by atoms with Gasteiger partial charge in [-0.15, -0.1) is 0 Å². The summed E-state index contributed by atoms with van der Waals surface area (Å²) in [6.07, 6.45) is 0.754. The molecule has 1 aromatic carbocycles. The van der Waals surface area contributed by atoms with Gasteiger partial charge < -0.3 is 4.74 Å². The Morgan fingerprint density at radius 3 is 2.60 bits per heavy atom. The molecule has 0 aliphatic rings. The predicted molar refractivity (Wildman–Crippen MR) is 57.7 cm³/mol. The SMILES string of the molecule is CCOc1cc(C(C)=O)cc(C)c1C=O. The van der Waals surface area contributed by atoms with Crippen LogP contribution in [0.5, 0.6) is 5.75 Å². The smallest absolute Gasteiger partial charge is 0.159 e. The number of carbonyl (C=O) groups is 2. The van der Waals surface area contributed by atoms with Crippen molar-refractivity contribution in [2.75, 3.05) is 6.61 Å². The van der Waals surface area contributed by atoms with Crippen LogP contribution in [0, 0.1) is 6.92 Å². The van der Waals surface area contributed by atoms with Crippen LogP contribution < -0.4 is 4.74 Å². The minimum Gasteiger partial charge on any atom is -0.493 e. The largest absolute Gasteiger partial charge is 0.493 e. The van der Waals surface area contributed by atoms with Crippen LogP contribution in [0.1, 0.15) is 40.1 Å². The average molecular weight is 206 g/mol. The molecule has 0 atom stereocenters. The minimum absolute atomic E-state index is 0.0310. The molecule has 0 unspecified atom stereocenters. The summed E-state index contributed by atoms with van der Waals surface area (Å²) in [4.78, 5) is 22.0. The number of benzene rings is 1. The van der Waals surface area contributed by atoms with E-state index in [1.807, 2.05) is 6.92 Å². The Morgan fingerprint density at radius 1 is 1.47 bits per heavy atom. The second kappa shape index (κ2) is 4.73. The first-order valence-electron chi connectivity index (χ1n) is 4.83. The quantitative estimate of drug-likeness (QED) is 0.561. The molecule has 3 heteroatoms. The molecular weight excluding hydrogens is 192 g/mol. The van der Waals surface area contributed by atoms with E-state index in [2.05, 4.69) is 0 Å². The van der Waals surface area contributed by atoms with Gasteiger partial charge in [0.2, 0.25) is 0 Å². The monoisotopic (exact) mass is 206 g/mol. The Labute approximate surface area is 89.1 Å². The third-order valence-corrected chi connectivity index (χ3v) is 2.17. The van der Waals surface area contributed by atoms with Gasteiger partial charge in [-0.3, -0.25) is 9.59 Å². The molecule has 0 saturated carbocycles. The summed E-state index contributed by atoms with van der Waals surface area (Å²) in [6, 6.07) is 3.32. The number of Topliss-reactive ketones (excluding diaryl/α,β-unsaturated/α-hetero) is 1. The van der Waals surface area contributed by atoms with Gasteiger partial charge in [-0.1, -0.05) is 0 Å². The van der Waals surface area contributed by atoms with Crippen LogP contribution in [-0.2, 0) is 0 Å². The molecule has 80 valence electrons. The number of ether oxygens (including phenoxy) is 1. The highest BCUT2D eigenvalue weighted by atomic mass is 16.5. The molecular formula is C12H14O3. The van der Waals surface area contributed by atoms with Crippen molar-refractivity contribution in [3.8, 4) is 5.75 Å². The Hall–Kier alpha value is -1.64. The number of carbonyl (C=O) groups excluding carboxylic acids is 2. The highest BCUT2D eigenvalue weighted by molar-refractivity contribution is 5.96. The van der Waals surface area contributed by atoms with E-state index in [4.69, 9.17) is 4.74 Å². The minimum atomic E-state index is -0.0310. The number of hydrogen-bond acceptors (Lipinski definition) is 3. The van der Waals surface area contributed by atoms with Crippen molar-refractivity contribution in [3.05, 3.63) is 28.8 Å². The third kappa shape index (κ3) is 2.43. The fourth-order valence-corrected chi connectivity index (χ4v) is 1.40. The van der Waals surface area contributed by atoms with Crippen LogP contribution in [0.2, 0.25) is 0 Å². The fraction of sp³-hybridized carbons (Fsp3) is 0.333. The molecule has 0 saturated heterocycles. The summed E-state index contributed by atoms with van der Waals surface area (Å²) in [5.41, 5.74) is 1.85. The van der Waals surface area contributed by atoms with Gasteiger partial charge >= 0.3 is 0 Å². The molecule has 0 amide bonds. The number of aryl methyl sites for hydroxylation is 1. The summed E-state index contributed by atoms with van der Waals surface area (Å²) in [5, 5.41) is 0. The number of rotatable bonds is 4. The molecule has 0 heterocycles. The molecule has 15 heavy (non-hydrogen) atoms. The molecule has 0 radical (unpaired) electrons. The first kappa shape index (κ1) is 11.4. The van der Waals surface area contributed by atoms with Gasteiger partial charge in [0.15, 0.2) is 12.1 Å². The summed E-state index contributed by atoms with van der Waals surface area (Å²) in [5.74, 6) is 0.453. The molecule has 0 aliphatic heterocycles. The molecule has 0 aromatic heterocycles. The number of ketones is 1. The number of hydrogen-bond donors (Lipinski definition) is 0. The average Bonchev–Trinajstić information content (AvgIpc) is 2.17. The van der Waals surface area contributed by atoms with Crippen molar-refractivity contribution in [2.45, 2.75) is 20.8 Å². The lowest BCUT2D eigenvalue weighted by Gasteiger charge is -2.10. The van der Waals surface area contributed by atoms with Gasteiger partial charge in [0, 0.05) is 5.56 Å². The van der Waals surface area contributed by atoms with Crippen molar-refractivity contribution in [3.63, 3.8) is 0 Å².